The number of esters is 2. The minimum absolute atomic E-state index is 0.0345. The molecule has 0 saturated heterocycles. The van der Waals surface area contributed by atoms with Crippen molar-refractivity contribution in [3.8, 4) is 0 Å². The van der Waals surface area contributed by atoms with E-state index in [2.05, 4.69) is 0 Å². The average Bonchev–Trinajstić information content (AvgIpc) is 2.29. The van der Waals surface area contributed by atoms with E-state index in [1.807, 2.05) is 0 Å². The van der Waals surface area contributed by atoms with Crippen LogP contribution in [0.2, 0.25) is 0 Å². The third-order valence-electron chi connectivity index (χ3n) is 2.62. The number of hydrogen-bond acceptors (Lipinski definition) is 5. The van der Waals surface area contributed by atoms with Gasteiger partial charge in [0.05, 0.1) is 6.61 Å². The molecule has 0 aromatic heterocycles. The summed E-state index contributed by atoms with van der Waals surface area (Å²) in [4.78, 5) is 33.8. The van der Waals surface area contributed by atoms with Crippen LogP contribution >= 0.6 is 0 Å². The summed E-state index contributed by atoms with van der Waals surface area (Å²) in [5.41, 5.74) is -1.00. The Labute approximate surface area is 99.8 Å². The van der Waals surface area contributed by atoms with Gasteiger partial charge in [0.15, 0.2) is 5.78 Å². The largest absolute Gasteiger partial charge is 0.465 e. The second kappa shape index (κ2) is 5.61. The number of allylic oxidation sites excluding steroid dienone is 1. The normalized spacial score (nSPS) is 23.3. The van der Waals surface area contributed by atoms with E-state index in [-0.39, 0.29) is 25.4 Å². The fraction of sp³-hybridized carbons (Fsp3) is 0.583. The molecular weight excluding hydrogens is 224 g/mol. The van der Waals surface area contributed by atoms with Crippen LogP contribution < -0.4 is 0 Å². The summed E-state index contributed by atoms with van der Waals surface area (Å²) in [6.07, 6.45) is 3.41. The Hall–Kier alpha value is -1.65. The molecule has 1 aliphatic carbocycles. The van der Waals surface area contributed by atoms with E-state index in [0.717, 1.165) is 0 Å². The summed E-state index contributed by atoms with van der Waals surface area (Å²) >= 11 is 0. The Balaban J connectivity index is 2.84. The van der Waals surface area contributed by atoms with E-state index < -0.39 is 17.4 Å². The van der Waals surface area contributed by atoms with Crippen LogP contribution in [0.1, 0.15) is 26.7 Å². The zero-order chi connectivity index (χ0) is 12.9. The maximum atomic E-state index is 11.9. The number of rotatable bonds is 4. The van der Waals surface area contributed by atoms with Crippen LogP contribution in [0.4, 0.5) is 0 Å². The minimum atomic E-state index is -1.00. The molecule has 0 aromatic rings. The van der Waals surface area contributed by atoms with Crippen molar-refractivity contribution in [3.05, 3.63) is 12.2 Å². The third kappa shape index (κ3) is 3.41. The van der Waals surface area contributed by atoms with Gasteiger partial charge in [-0.25, -0.2) is 0 Å². The highest BCUT2D eigenvalue weighted by atomic mass is 16.5. The molecule has 94 valence electrons. The summed E-state index contributed by atoms with van der Waals surface area (Å²) < 4.78 is 9.84. The van der Waals surface area contributed by atoms with Gasteiger partial charge in [-0.05, 0) is 19.4 Å². The van der Waals surface area contributed by atoms with Crippen molar-refractivity contribution in [1.29, 1.82) is 0 Å². The highest BCUT2D eigenvalue weighted by molar-refractivity contribution is 5.93. The van der Waals surface area contributed by atoms with Crippen molar-refractivity contribution in [1.82, 2.24) is 0 Å². The molecule has 1 atom stereocenters. The molecule has 5 heteroatoms. The first kappa shape index (κ1) is 13.4. The van der Waals surface area contributed by atoms with E-state index in [1.165, 1.54) is 19.1 Å². The molecule has 0 spiro atoms. The molecule has 5 nitrogen and oxygen atoms in total. The highest BCUT2D eigenvalue weighted by Crippen LogP contribution is 2.32. The second-order valence-electron chi connectivity index (χ2n) is 3.96. The first-order valence-electron chi connectivity index (χ1n) is 5.53. The van der Waals surface area contributed by atoms with Crippen LogP contribution in [0.15, 0.2) is 12.2 Å². The third-order valence-corrected chi connectivity index (χ3v) is 2.62. The van der Waals surface area contributed by atoms with E-state index in [4.69, 9.17) is 9.47 Å². The molecule has 0 fully saturated rings. The van der Waals surface area contributed by atoms with E-state index in [1.54, 1.807) is 6.92 Å². The maximum Gasteiger partial charge on any atom is 0.319 e. The summed E-state index contributed by atoms with van der Waals surface area (Å²) in [5, 5.41) is 0. The quantitative estimate of drug-likeness (QED) is 0.686. The van der Waals surface area contributed by atoms with Crippen molar-refractivity contribution < 1.29 is 23.9 Å². The monoisotopic (exact) mass is 240 g/mol. The van der Waals surface area contributed by atoms with Gasteiger partial charge in [0.25, 0.3) is 0 Å². The lowest BCUT2D eigenvalue weighted by molar-refractivity contribution is -0.160. The number of carbonyl (C=O) groups is 3. The summed E-state index contributed by atoms with van der Waals surface area (Å²) in [6, 6.07) is 0. The lowest BCUT2D eigenvalue weighted by atomic mass is 9.79. The van der Waals surface area contributed by atoms with Crippen molar-refractivity contribution in [2.45, 2.75) is 26.7 Å². The SMILES string of the molecule is CCOC(=O)C1(COC(C)=O)C=CC(=O)CC1. The maximum absolute atomic E-state index is 11.9. The van der Waals surface area contributed by atoms with Gasteiger partial charge in [-0.15, -0.1) is 0 Å². The molecule has 17 heavy (non-hydrogen) atoms. The zero-order valence-electron chi connectivity index (χ0n) is 10.0. The van der Waals surface area contributed by atoms with E-state index in [0.29, 0.717) is 6.42 Å². The minimum Gasteiger partial charge on any atom is -0.465 e. The van der Waals surface area contributed by atoms with Crippen molar-refractivity contribution in [2.24, 2.45) is 5.41 Å². The molecular formula is C12H16O5. The van der Waals surface area contributed by atoms with Crippen LogP contribution in [0.5, 0.6) is 0 Å². The van der Waals surface area contributed by atoms with Crippen LogP contribution in [0.3, 0.4) is 0 Å². The molecule has 1 aliphatic rings. The molecule has 0 radical (unpaired) electrons. The Morgan fingerprint density at radius 2 is 2.12 bits per heavy atom. The number of ketones is 1. The van der Waals surface area contributed by atoms with Crippen LogP contribution in [-0.4, -0.2) is 30.9 Å². The van der Waals surface area contributed by atoms with Gasteiger partial charge in [0.2, 0.25) is 0 Å². The first-order chi connectivity index (χ1) is 8.00. The fourth-order valence-corrected chi connectivity index (χ4v) is 1.62. The summed E-state index contributed by atoms with van der Waals surface area (Å²) in [7, 11) is 0. The van der Waals surface area contributed by atoms with Crippen LogP contribution in [0, 0.1) is 5.41 Å². The number of hydrogen-bond donors (Lipinski definition) is 0. The van der Waals surface area contributed by atoms with Gasteiger partial charge >= 0.3 is 11.9 Å². The number of carbonyl (C=O) groups excluding carboxylic acids is 3. The predicted molar refractivity (Wildman–Crippen MR) is 59.1 cm³/mol. The van der Waals surface area contributed by atoms with Gasteiger partial charge in [0, 0.05) is 13.3 Å². The molecule has 0 saturated carbocycles. The molecule has 0 N–H and O–H groups in total. The molecule has 1 unspecified atom stereocenters. The molecule has 0 amide bonds. The number of ether oxygens (including phenoxy) is 2. The Kier molecular flexibility index (Phi) is 4.43. The van der Waals surface area contributed by atoms with Gasteiger partial charge in [-0.1, -0.05) is 6.08 Å². The average molecular weight is 240 g/mol. The predicted octanol–water partition coefficient (Wildman–Crippen LogP) is 1.02. The topological polar surface area (TPSA) is 69.7 Å². The van der Waals surface area contributed by atoms with Gasteiger partial charge in [-0.2, -0.15) is 0 Å². The van der Waals surface area contributed by atoms with Crippen LogP contribution in [-0.2, 0) is 23.9 Å². The second-order valence-corrected chi connectivity index (χ2v) is 3.96. The Morgan fingerprint density at radius 1 is 1.41 bits per heavy atom. The molecule has 0 heterocycles. The van der Waals surface area contributed by atoms with Crippen molar-refractivity contribution in [2.75, 3.05) is 13.2 Å². The fourth-order valence-electron chi connectivity index (χ4n) is 1.62. The van der Waals surface area contributed by atoms with Gasteiger partial charge < -0.3 is 9.47 Å². The van der Waals surface area contributed by atoms with Crippen LogP contribution in [0.25, 0.3) is 0 Å². The van der Waals surface area contributed by atoms with Crippen molar-refractivity contribution in [3.63, 3.8) is 0 Å². The standard InChI is InChI=1S/C12H16O5/c1-3-16-11(15)12(8-17-9(2)13)6-4-10(14)5-7-12/h4,6H,3,5,7-8H2,1-2H3. The Bertz CT molecular complexity index is 358. The lowest BCUT2D eigenvalue weighted by Gasteiger charge is -2.29. The highest BCUT2D eigenvalue weighted by Gasteiger charge is 2.41. The lowest BCUT2D eigenvalue weighted by Crippen LogP contribution is -2.38. The van der Waals surface area contributed by atoms with Gasteiger partial charge in [-0.3, -0.25) is 14.4 Å². The van der Waals surface area contributed by atoms with E-state index >= 15 is 0 Å². The Morgan fingerprint density at radius 3 is 2.59 bits per heavy atom. The summed E-state index contributed by atoms with van der Waals surface area (Å²) in [6.45, 7) is 3.15. The molecule has 1 rings (SSSR count). The smallest absolute Gasteiger partial charge is 0.319 e. The van der Waals surface area contributed by atoms with E-state index in [9.17, 15) is 14.4 Å². The first-order valence-corrected chi connectivity index (χ1v) is 5.53. The molecule has 0 aliphatic heterocycles. The zero-order valence-corrected chi connectivity index (χ0v) is 10.0. The van der Waals surface area contributed by atoms with Gasteiger partial charge in [0.1, 0.15) is 12.0 Å². The molecule has 0 aromatic carbocycles. The van der Waals surface area contributed by atoms with Crippen molar-refractivity contribution >= 4 is 17.7 Å². The summed E-state index contributed by atoms with van der Waals surface area (Å²) in [5.74, 6) is -0.947. The molecule has 0 bridgehead atoms.